The number of hydrogen-bond donors (Lipinski definition) is 0. The minimum Gasteiger partial charge on any atom is -0.490 e. The first-order valence-electron chi connectivity index (χ1n) is 8.33. The Hall–Kier alpha value is -2.53. The number of nitrogens with zero attached hydrogens (tertiary/aromatic N) is 2. The molecule has 0 N–H and O–H groups in total. The molecule has 0 radical (unpaired) electrons. The number of ether oxygens (including phenoxy) is 2. The molecule has 3 rings (SSSR count). The van der Waals surface area contributed by atoms with Crippen LogP contribution in [-0.2, 0) is 4.79 Å². The monoisotopic (exact) mass is 430 g/mol. The van der Waals surface area contributed by atoms with Crippen LogP contribution in [0.1, 0.15) is 12.5 Å². The van der Waals surface area contributed by atoms with Gasteiger partial charge in [-0.15, -0.1) is 0 Å². The number of nitriles is 1. The minimum absolute atomic E-state index is 0.0717. The number of carbonyl (C=O) groups is 1. The normalized spacial score (nSPS) is 15.0. The summed E-state index contributed by atoms with van der Waals surface area (Å²) in [6.07, 6.45) is 1.75. The van der Waals surface area contributed by atoms with Gasteiger partial charge in [0.05, 0.1) is 17.2 Å². The Morgan fingerprint density at radius 1 is 1.25 bits per heavy atom. The highest BCUT2D eigenvalue weighted by Gasteiger charge is 2.33. The molecule has 0 bridgehead atoms. The van der Waals surface area contributed by atoms with Crippen LogP contribution in [0.2, 0.25) is 5.02 Å². The third-order valence-electron chi connectivity index (χ3n) is 3.72. The van der Waals surface area contributed by atoms with E-state index >= 15 is 0 Å². The molecule has 8 heteroatoms. The maximum atomic E-state index is 12.9. The SMILES string of the molecule is CCOc1cc(/C=C2/SC(=S)N(c3cccc(Cl)c3)C2=O)ccc1OCC#N. The number of thiocarbonyl (C=S) groups is 1. The summed E-state index contributed by atoms with van der Waals surface area (Å²) in [6.45, 7) is 2.23. The largest absolute Gasteiger partial charge is 0.490 e. The van der Waals surface area contributed by atoms with E-state index in [1.807, 2.05) is 13.0 Å². The predicted molar refractivity (Wildman–Crippen MR) is 116 cm³/mol. The molecule has 0 unspecified atom stereocenters. The molecule has 0 aliphatic carbocycles. The van der Waals surface area contributed by atoms with E-state index in [1.165, 1.54) is 16.7 Å². The molecule has 2 aromatic carbocycles. The Kier molecular flexibility index (Phi) is 6.57. The third kappa shape index (κ3) is 4.47. The van der Waals surface area contributed by atoms with Crippen LogP contribution in [-0.4, -0.2) is 23.4 Å². The fourth-order valence-electron chi connectivity index (χ4n) is 2.57. The van der Waals surface area contributed by atoms with E-state index in [9.17, 15) is 4.79 Å². The van der Waals surface area contributed by atoms with Crippen LogP contribution < -0.4 is 14.4 Å². The standard InChI is InChI=1S/C20H15ClN2O3S2/c1-2-25-17-10-13(6-7-16(17)26-9-8-22)11-18-19(24)23(20(27)28-18)15-5-3-4-14(21)12-15/h3-7,10-12H,2,9H2,1H3/b18-11+. The minimum atomic E-state index is -0.208. The quantitative estimate of drug-likeness (QED) is 0.472. The van der Waals surface area contributed by atoms with Crippen molar-refractivity contribution in [3.8, 4) is 17.6 Å². The summed E-state index contributed by atoms with van der Waals surface area (Å²) >= 11 is 12.6. The first kappa shape index (κ1) is 20.2. The lowest BCUT2D eigenvalue weighted by molar-refractivity contribution is -0.113. The molecule has 1 fully saturated rings. The molecule has 1 amide bonds. The molecule has 28 heavy (non-hydrogen) atoms. The molecule has 0 aromatic heterocycles. The van der Waals surface area contributed by atoms with E-state index in [0.29, 0.717) is 38.0 Å². The average molecular weight is 431 g/mol. The number of thioether (sulfide) groups is 1. The van der Waals surface area contributed by atoms with E-state index in [1.54, 1.807) is 48.5 Å². The number of rotatable bonds is 6. The molecule has 0 spiro atoms. The van der Waals surface area contributed by atoms with Crippen molar-refractivity contribution in [2.45, 2.75) is 6.92 Å². The van der Waals surface area contributed by atoms with Gasteiger partial charge in [-0.25, -0.2) is 0 Å². The van der Waals surface area contributed by atoms with Gasteiger partial charge in [0, 0.05) is 5.02 Å². The smallest absolute Gasteiger partial charge is 0.270 e. The van der Waals surface area contributed by atoms with Gasteiger partial charge in [-0.05, 0) is 48.9 Å². The summed E-state index contributed by atoms with van der Waals surface area (Å²) in [6, 6.07) is 14.2. The summed E-state index contributed by atoms with van der Waals surface area (Å²) < 4.78 is 11.4. The van der Waals surface area contributed by atoms with Gasteiger partial charge in [-0.3, -0.25) is 9.69 Å². The molecule has 0 saturated carbocycles. The van der Waals surface area contributed by atoms with Crippen molar-refractivity contribution >= 4 is 57.6 Å². The number of carbonyl (C=O) groups excluding carboxylic acids is 1. The molecule has 1 aliphatic rings. The third-order valence-corrected chi connectivity index (χ3v) is 5.25. The van der Waals surface area contributed by atoms with E-state index < -0.39 is 0 Å². The molecule has 142 valence electrons. The lowest BCUT2D eigenvalue weighted by atomic mass is 10.1. The molecule has 1 heterocycles. The number of benzene rings is 2. The van der Waals surface area contributed by atoms with Crippen molar-refractivity contribution in [2.24, 2.45) is 0 Å². The second kappa shape index (κ2) is 9.11. The van der Waals surface area contributed by atoms with Crippen LogP contribution in [0.4, 0.5) is 5.69 Å². The van der Waals surface area contributed by atoms with E-state index in [4.69, 9.17) is 38.6 Å². The molecule has 1 aliphatic heterocycles. The van der Waals surface area contributed by atoms with E-state index in [0.717, 1.165) is 5.56 Å². The fraction of sp³-hybridized carbons (Fsp3) is 0.150. The molecule has 0 atom stereocenters. The Bertz CT molecular complexity index is 1000. The maximum absolute atomic E-state index is 12.9. The summed E-state index contributed by atoms with van der Waals surface area (Å²) in [5.74, 6) is 0.781. The fourth-order valence-corrected chi connectivity index (χ4v) is 4.05. The van der Waals surface area contributed by atoms with Crippen LogP contribution in [0.25, 0.3) is 6.08 Å². The predicted octanol–water partition coefficient (Wildman–Crippen LogP) is 5.05. The Balaban J connectivity index is 1.89. The van der Waals surface area contributed by atoms with Crippen LogP contribution in [0.5, 0.6) is 11.5 Å². The van der Waals surface area contributed by atoms with E-state index in [2.05, 4.69) is 0 Å². The summed E-state index contributed by atoms with van der Waals surface area (Å²) in [5.41, 5.74) is 1.40. The van der Waals surface area contributed by atoms with Crippen molar-refractivity contribution in [1.29, 1.82) is 5.26 Å². The summed E-state index contributed by atoms with van der Waals surface area (Å²) in [5, 5.41) is 9.22. The van der Waals surface area contributed by atoms with Gasteiger partial charge in [-0.1, -0.05) is 47.7 Å². The van der Waals surface area contributed by atoms with Gasteiger partial charge in [0.1, 0.15) is 6.07 Å². The first-order valence-corrected chi connectivity index (χ1v) is 9.94. The average Bonchev–Trinajstić information content (AvgIpc) is 2.94. The molecule has 2 aromatic rings. The van der Waals surface area contributed by atoms with Crippen LogP contribution in [0.3, 0.4) is 0 Å². The van der Waals surface area contributed by atoms with E-state index in [-0.39, 0.29) is 12.5 Å². The first-order chi connectivity index (χ1) is 13.5. The highest BCUT2D eigenvalue weighted by Crippen LogP contribution is 2.37. The Morgan fingerprint density at radius 3 is 2.79 bits per heavy atom. The molecular weight excluding hydrogens is 416 g/mol. The molecular formula is C20H15ClN2O3S2. The number of amides is 1. The van der Waals surface area contributed by atoms with Gasteiger partial charge in [0.25, 0.3) is 5.91 Å². The number of anilines is 1. The zero-order chi connectivity index (χ0) is 20.1. The molecule has 5 nitrogen and oxygen atoms in total. The number of hydrogen-bond acceptors (Lipinski definition) is 6. The zero-order valence-corrected chi connectivity index (χ0v) is 17.2. The Morgan fingerprint density at radius 2 is 2.07 bits per heavy atom. The van der Waals surface area contributed by atoms with Gasteiger partial charge in [0.2, 0.25) is 0 Å². The summed E-state index contributed by atoms with van der Waals surface area (Å²) in [7, 11) is 0. The number of halogens is 1. The van der Waals surface area contributed by atoms with Crippen molar-refractivity contribution in [3.63, 3.8) is 0 Å². The van der Waals surface area contributed by atoms with Crippen LogP contribution >= 0.6 is 35.6 Å². The topological polar surface area (TPSA) is 62.6 Å². The highest BCUT2D eigenvalue weighted by atomic mass is 35.5. The van der Waals surface area contributed by atoms with Crippen LogP contribution in [0.15, 0.2) is 47.4 Å². The van der Waals surface area contributed by atoms with Crippen molar-refractivity contribution in [3.05, 3.63) is 58.0 Å². The van der Waals surface area contributed by atoms with Gasteiger partial charge < -0.3 is 9.47 Å². The zero-order valence-electron chi connectivity index (χ0n) is 14.8. The second-order valence-corrected chi connectivity index (χ2v) is 7.70. The highest BCUT2D eigenvalue weighted by molar-refractivity contribution is 8.27. The van der Waals surface area contributed by atoms with Gasteiger partial charge in [0.15, 0.2) is 22.4 Å². The molecule has 1 saturated heterocycles. The van der Waals surface area contributed by atoms with Crippen molar-refractivity contribution in [1.82, 2.24) is 0 Å². The Labute approximate surface area is 177 Å². The van der Waals surface area contributed by atoms with Gasteiger partial charge >= 0.3 is 0 Å². The lowest BCUT2D eigenvalue weighted by Crippen LogP contribution is -2.27. The maximum Gasteiger partial charge on any atom is 0.270 e. The van der Waals surface area contributed by atoms with Crippen molar-refractivity contribution < 1.29 is 14.3 Å². The van der Waals surface area contributed by atoms with Crippen LogP contribution in [0, 0.1) is 11.3 Å². The summed E-state index contributed by atoms with van der Waals surface area (Å²) in [4.78, 5) is 14.8. The van der Waals surface area contributed by atoms with Crippen molar-refractivity contribution in [2.75, 3.05) is 18.1 Å². The van der Waals surface area contributed by atoms with Gasteiger partial charge in [-0.2, -0.15) is 5.26 Å². The second-order valence-electron chi connectivity index (χ2n) is 5.58. The lowest BCUT2D eigenvalue weighted by Gasteiger charge is -2.14.